The molecule has 0 spiro atoms. The maximum atomic E-state index is 12.0. The molecule has 0 bridgehead atoms. The fourth-order valence-electron chi connectivity index (χ4n) is 2.03. The average Bonchev–Trinajstić information content (AvgIpc) is 3.11. The van der Waals surface area contributed by atoms with E-state index >= 15 is 0 Å². The molecule has 1 amide bonds. The maximum Gasteiger partial charge on any atom is 0.277 e. The zero-order valence-corrected chi connectivity index (χ0v) is 9.95. The molecular weight excluding hydrogens is 228 g/mol. The summed E-state index contributed by atoms with van der Waals surface area (Å²) in [6.07, 6.45) is 4.86. The van der Waals surface area contributed by atoms with Gasteiger partial charge in [-0.2, -0.15) is 0 Å². The Morgan fingerprint density at radius 1 is 1.11 bits per heavy atom. The summed E-state index contributed by atoms with van der Waals surface area (Å²) in [5.41, 5.74) is 1.70. The maximum absolute atomic E-state index is 12.0. The van der Waals surface area contributed by atoms with Gasteiger partial charge in [0.1, 0.15) is 0 Å². The molecule has 0 atom stereocenters. The number of carbonyl (C=O) groups is 1. The first kappa shape index (κ1) is 11.0. The predicted molar refractivity (Wildman–Crippen MR) is 67.4 cm³/mol. The van der Waals surface area contributed by atoms with Gasteiger partial charge in [0.2, 0.25) is 0 Å². The minimum atomic E-state index is -0.0634. The van der Waals surface area contributed by atoms with Crippen molar-refractivity contribution >= 4 is 5.91 Å². The molecule has 1 aromatic heterocycles. The van der Waals surface area contributed by atoms with E-state index in [0.29, 0.717) is 18.7 Å². The molecular formula is C14H14N2O2. The highest BCUT2D eigenvalue weighted by molar-refractivity contribution is 5.93. The first-order valence-corrected chi connectivity index (χ1v) is 6.03. The van der Waals surface area contributed by atoms with Gasteiger partial charge in [0.15, 0.2) is 0 Å². The standard InChI is InChI=1S/C14H14N2O2/c17-14(16-10-3-11-18-16)12-4-6-13(7-5-12)15-8-1-2-9-15/h1-2,4-9H,3,10-11H2. The molecule has 92 valence electrons. The van der Waals surface area contributed by atoms with Crippen LogP contribution in [-0.2, 0) is 4.84 Å². The Morgan fingerprint density at radius 3 is 2.44 bits per heavy atom. The van der Waals surface area contributed by atoms with E-state index in [-0.39, 0.29) is 5.91 Å². The number of rotatable bonds is 2. The molecule has 4 heteroatoms. The van der Waals surface area contributed by atoms with Gasteiger partial charge in [0.25, 0.3) is 5.91 Å². The smallest absolute Gasteiger partial charge is 0.277 e. The van der Waals surface area contributed by atoms with Crippen LogP contribution in [-0.4, -0.2) is 28.7 Å². The minimum Gasteiger partial charge on any atom is -0.324 e. The van der Waals surface area contributed by atoms with E-state index in [1.54, 1.807) is 0 Å². The van der Waals surface area contributed by atoms with E-state index in [1.165, 1.54) is 5.06 Å². The lowest BCUT2D eigenvalue weighted by Gasteiger charge is -2.14. The molecule has 1 aromatic carbocycles. The highest BCUT2D eigenvalue weighted by atomic mass is 16.7. The first-order valence-electron chi connectivity index (χ1n) is 6.03. The Labute approximate surface area is 105 Å². The Balaban J connectivity index is 1.80. The average molecular weight is 242 g/mol. The summed E-state index contributed by atoms with van der Waals surface area (Å²) in [6.45, 7) is 1.31. The lowest BCUT2D eigenvalue weighted by molar-refractivity contribution is -0.0768. The van der Waals surface area contributed by atoms with E-state index < -0.39 is 0 Å². The third-order valence-electron chi connectivity index (χ3n) is 3.00. The van der Waals surface area contributed by atoms with Gasteiger partial charge < -0.3 is 4.57 Å². The van der Waals surface area contributed by atoms with Crippen LogP contribution in [0, 0.1) is 0 Å². The van der Waals surface area contributed by atoms with Crippen LogP contribution in [0.3, 0.4) is 0 Å². The van der Waals surface area contributed by atoms with E-state index in [2.05, 4.69) is 0 Å². The topological polar surface area (TPSA) is 34.5 Å². The van der Waals surface area contributed by atoms with Crippen LogP contribution in [0.1, 0.15) is 16.8 Å². The Kier molecular flexibility index (Phi) is 2.86. The van der Waals surface area contributed by atoms with Gasteiger partial charge in [-0.1, -0.05) is 0 Å². The lowest BCUT2D eigenvalue weighted by Crippen LogP contribution is -2.26. The van der Waals surface area contributed by atoms with E-state index in [4.69, 9.17) is 4.84 Å². The van der Waals surface area contributed by atoms with Crippen LogP contribution in [0.15, 0.2) is 48.8 Å². The summed E-state index contributed by atoms with van der Waals surface area (Å²) in [4.78, 5) is 17.3. The van der Waals surface area contributed by atoms with Crippen molar-refractivity contribution in [1.29, 1.82) is 0 Å². The van der Waals surface area contributed by atoms with Gasteiger partial charge in [-0.15, -0.1) is 0 Å². The van der Waals surface area contributed by atoms with Crippen molar-refractivity contribution in [3.8, 4) is 5.69 Å². The van der Waals surface area contributed by atoms with Crippen molar-refractivity contribution in [2.45, 2.75) is 6.42 Å². The molecule has 1 aliphatic rings. The molecule has 2 heterocycles. The Bertz CT molecular complexity index is 525. The molecule has 1 fully saturated rings. The van der Waals surface area contributed by atoms with Gasteiger partial charge >= 0.3 is 0 Å². The van der Waals surface area contributed by atoms with E-state index in [0.717, 1.165) is 12.1 Å². The normalized spacial score (nSPS) is 15.0. The fraction of sp³-hybridized carbons (Fsp3) is 0.214. The number of carbonyl (C=O) groups excluding carboxylic acids is 1. The summed E-state index contributed by atoms with van der Waals surface area (Å²) < 4.78 is 2.00. The van der Waals surface area contributed by atoms with Gasteiger partial charge in [0.05, 0.1) is 13.2 Å². The quantitative estimate of drug-likeness (QED) is 0.809. The van der Waals surface area contributed by atoms with E-state index in [1.807, 2.05) is 53.4 Å². The van der Waals surface area contributed by atoms with E-state index in [9.17, 15) is 4.79 Å². The second-order valence-electron chi connectivity index (χ2n) is 4.23. The molecule has 2 aromatic rings. The SMILES string of the molecule is O=C(c1ccc(-n2cccc2)cc1)N1CCCO1. The molecule has 1 aliphatic heterocycles. The highest BCUT2D eigenvalue weighted by Crippen LogP contribution is 2.14. The highest BCUT2D eigenvalue weighted by Gasteiger charge is 2.20. The Morgan fingerprint density at radius 2 is 1.83 bits per heavy atom. The van der Waals surface area contributed by atoms with Gasteiger partial charge in [0, 0.05) is 23.6 Å². The molecule has 0 aliphatic carbocycles. The molecule has 0 unspecified atom stereocenters. The Hall–Kier alpha value is -2.07. The van der Waals surface area contributed by atoms with Crippen molar-refractivity contribution < 1.29 is 9.63 Å². The second-order valence-corrected chi connectivity index (χ2v) is 4.23. The summed E-state index contributed by atoms with van der Waals surface area (Å²) in [5.74, 6) is -0.0634. The largest absolute Gasteiger partial charge is 0.324 e. The number of aromatic nitrogens is 1. The first-order chi connectivity index (χ1) is 8.84. The minimum absolute atomic E-state index is 0.0634. The number of benzene rings is 1. The van der Waals surface area contributed by atoms with Crippen molar-refractivity contribution in [1.82, 2.24) is 9.63 Å². The summed E-state index contributed by atoms with van der Waals surface area (Å²) >= 11 is 0. The molecule has 0 radical (unpaired) electrons. The van der Waals surface area contributed by atoms with Crippen LogP contribution in [0.5, 0.6) is 0 Å². The summed E-state index contributed by atoms with van der Waals surface area (Å²) in [5, 5.41) is 1.44. The monoisotopic (exact) mass is 242 g/mol. The number of hydroxylamine groups is 2. The fourth-order valence-corrected chi connectivity index (χ4v) is 2.03. The predicted octanol–water partition coefficient (Wildman–Crippen LogP) is 2.25. The van der Waals surface area contributed by atoms with Crippen LogP contribution in [0.2, 0.25) is 0 Å². The van der Waals surface area contributed by atoms with Crippen molar-refractivity contribution in [3.63, 3.8) is 0 Å². The third kappa shape index (κ3) is 2.02. The molecule has 1 saturated heterocycles. The van der Waals surface area contributed by atoms with Crippen LogP contribution in [0.4, 0.5) is 0 Å². The lowest BCUT2D eigenvalue weighted by atomic mass is 10.2. The van der Waals surface area contributed by atoms with Crippen LogP contribution < -0.4 is 0 Å². The number of amides is 1. The number of hydrogen-bond acceptors (Lipinski definition) is 2. The molecule has 4 nitrogen and oxygen atoms in total. The third-order valence-corrected chi connectivity index (χ3v) is 3.00. The van der Waals surface area contributed by atoms with Gasteiger partial charge in [-0.3, -0.25) is 9.63 Å². The molecule has 0 saturated carbocycles. The molecule has 18 heavy (non-hydrogen) atoms. The summed E-state index contributed by atoms with van der Waals surface area (Å²) in [6, 6.07) is 11.5. The zero-order chi connectivity index (χ0) is 12.4. The van der Waals surface area contributed by atoms with Gasteiger partial charge in [-0.25, -0.2) is 5.06 Å². The van der Waals surface area contributed by atoms with Crippen LogP contribution >= 0.6 is 0 Å². The summed E-state index contributed by atoms with van der Waals surface area (Å²) in [7, 11) is 0. The van der Waals surface area contributed by atoms with Crippen molar-refractivity contribution in [2.75, 3.05) is 13.2 Å². The van der Waals surface area contributed by atoms with Crippen molar-refractivity contribution in [3.05, 3.63) is 54.4 Å². The number of nitrogens with zero attached hydrogens (tertiary/aromatic N) is 2. The zero-order valence-electron chi connectivity index (χ0n) is 9.95. The second kappa shape index (κ2) is 4.66. The van der Waals surface area contributed by atoms with Gasteiger partial charge in [-0.05, 0) is 42.8 Å². The van der Waals surface area contributed by atoms with Crippen LogP contribution in [0.25, 0.3) is 5.69 Å². The molecule has 3 rings (SSSR count). The molecule has 0 N–H and O–H groups in total. The number of hydrogen-bond donors (Lipinski definition) is 0. The van der Waals surface area contributed by atoms with Crippen molar-refractivity contribution in [2.24, 2.45) is 0 Å².